The van der Waals surface area contributed by atoms with Crippen molar-refractivity contribution in [1.29, 1.82) is 0 Å². The minimum absolute atomic E-state index is 0.760. The molecule has 0 spiro atoms. The van der Waals surface area contributed by atoms with Crippen molar-refractivity contribution < 1.29 is 4.74 Å². The second-order valence-electron chi connectivity index (χ2n) is 5.08. The van der Waals surface area contributed by atoms with Crippen molar-refractivity contribution in [3.8, 4) is 5.75 Å². The summed E-state index contributed by atoms with van der Waals surface area (Å²) in [6.07, 6.45) is 3.70. The van der Waals surface area contributed by atoms with E-state index in [-0.39, 0.29) is 0 Å². The van der Waals surface area contributed by atoms with E-state index in [1.807, 2.05) is 31.5 Å². The summed E-state index contributed by atoms with van der Waals surface area (Å²) >= 11 is 0. The van der Waals surface area contributed by atoms with Gasteiger partial charge in [0.15, 0.2) is 0 Å². The van der Waals surface area contributed by atoms with Gasteiger partial charge in [-0.3, -0.25) is 4.98 Å². The average Bonchev–Trinajstić information content (AvgIpc) is 2.52. The van der Waals surface area contributed by atoms with E-state index >= 15 is 0 Å². The third kappa shape index (κ3) is 2.82. The zero-order valence-electron chi connectivity index (χ0n) is 12.3. The maximum absolute atomic E-state index is 5.43. The van der Waals surface area contributed by atoms with Gasteiger partial charge in [-0.15, -0.1) is 0 Å². The Balaban J connectivity index is 1.91. The first-order valence-corrected chi connectivity index (χ1v) is 6.98. The zero-order valence-corrected chi connectivity index (χ0v) is 12.3. The van der Waals surface area contributed by atoms with Crippen LogP contribution in [0.5, 0.6) is 5.75 Å². The van der Waals surface area contributed by atoms with Crippen LogP contribution in [0.3, 0.4) is 0 Å². The van der Waals surface area contributed by atoms with Crippen LogP contribution in [-0.2, 0) is 6.54 Å². The zero-order chi connectivity index (χ0) is 14.7. The van der Waals surface area contributed by atoms with Gasteiger partial charge in [0.05, 0.1) is 12.8 Å². The Kier molecular flexibility index (Phi) is 3.73. The molecule has 21 heavy (non-hydrogen) atoms. The highest BCUT2D eigenvalue weighted by molar-refractivity contribution is 5.91. The number of hydrogen-bond donors (Lipinski definition) is 1. The number of aromatic nitrogens is 1. The number of hydrogen-bond acceptors (Lipinski definition) is 3. The molecule has 0 fully saturated rings. The molecule has 3 nitrogen and oxygen atoms in total. The molecular formula is C18H18N2O. The SMILES string of the molecule is COc1ccc(CNc2cncc(C)c2)c2ccccc12. The number of pyridine rings is 1. The van der Waals surface area contributed by atoms with Gasteiger partial charge in [-0.05, 0) is 35.6 Å². The molecule has 0 unspecified atom stereocenters. The van der Waals surface area contributed by atoms with E-state index in [0.29, 0.717) is 0 Å². The lowest BCUT2D eigenvalue weighted by molar-refractivity contribution is 0.419. The number of aryl methyl sites for hydroxylation is 1. The molecule has 0 aliphatic rings. The summed E-state index contributed by atoms with van der Waals surface area (Å²) in [6, 6.07) is 14.5. The van der Waals surface area contributed by atoms with Crippen LogP contribution < -0.4 is 10.1 Å². The Morgan fingerprint density at radius 2 is 1.86 bits per heavy atom. The molecule has 1 aromatic heterocycles. The van der Waals surface area contributed by atoms with E-state index < -0.39 is 0 Å². The van der Waals surface area contributed by atoms with Crippen LogP contribution in [0.4, 0.5) is 5.69 Å². The van der Waals surface area contributed by atoms with Gasteiger partial charge >= 0.3 is 0 Å². The second-order valence-corrected chi connectivity index (χ2v) is 5.08. The number of anilines is 1. The molecule has 0 atom stereocenters. The van der Waals surface area contributed by atoms with Crippen molar-refractivity contribution in [2.24, 2.45) is 0 Å². The van der Waals surface area contributed by atoms with E-state index in [1.54, 1.807) is 7.11 Å². The predicted octanol–water partition coefficient (Wildman–Crippen LogP) is 4.16. The van der Waals surface area contributed by atoms with Crippen molar-refractivity contribution in [3.05, 3.63) is 66.0 Å². The number of nitrogens with one attached hydrogen (secondary N) is 1. The van der Waals surface area contributed by atoms with Gasteiger partial charge < -0.3 is 10.1 Å². The fourth-order valence-corrected chi connectivity index (χ4v) is 2.51. The molecule has 0 saturated carbocycles. The van der Waals surface area contributed by atoms with Crippen LogP contribution in [0.25, 0.3) is 10.8 Å². The molecule has 0 saturated heterocycles. The summed E-state index contributed by atoms with van der Waals surface area (Å²) < 4.78 is 5.43. The van der Waals surface area contributed by atoms with Gasteiger partial charge in [-0.25, -0.2) is 0 Å². The highest BCUT2D eigenvalue weighted by Crippen LogP contribution is 2.28. The van der Waals surface area contributed by atoms with E-state index in [9.17, 15) is 0 Å². The van der Waals surface area contributed by atoms with Crippen LogP contribution in [0.1, 0.15) is 11.1 Å². The number of nitrogens with zero attached hydrogens (tertiary/aromatic N) is 1. The Morgan fingerprint density at radius 3 is 2.62 bits per heavy atom. The van der Waals surface area contributed by atoms with Crippen molar-refractivity contribution >= 4 is 16.5 Å². The molecule has 3 heteroatoms. The normalized spacial score (nSPS) is 10.6. The lowest BCUT2D eigenvalue weighted by Gasteiger charge is -2.12. The quantitative estimate of drug-likeness (QED) is 0.778. The molecule has 1 heterocycles. The molecule has 2 aromatic carbocycles. The van der Waals surface area contributed by atoms with Gasteiger partial charge in [0.2, 0.25) is 0 Å². The molecule has 0 aliphatic carbocycles. The summed E-state index contributed by atoms with van der Waals surface area (Å²) in [6.45, 7) is 2.80. The standard InChI is InChI=1S/C18H18N2O/c1-13-9-15(12-19-10-13)20-11-14-7-8-18(21-2)17-6-4-3-5-16(14)17/h3-10,12,20H,11H2,1-2H3. The van der Waals surface area contributed by atoms with Crippen LogP contribution in [0.15, 0.2) is 54.9 Å². The molecule has 0 radical (unpaired) electrons. The molecular weight excluding hydrogens is 260 g/mol. The van der Waals surface area contributed by atoms with E-state index in [4.69, 9.17) is 4.74 Å². The number of benzene rings is 2. The molecule has 3 rings (SSSR count). The van der Waals surface area contributed by atoms with Gasteiger partial charge in [0.1, 0.15) is 5.75 Å². The Bertz CT molecular complexity index is 768. The van der Waals surface area contributed by atoms with Crippen molar-refractivity contribution in [2.75, 3.05) is 12.4 Å². The summed E-state index contributed by atoms with van der Waals surface area (Å²) in [5.74, 6) is 0.909. The van der Waals surface area contributed by atoms with E-state index in [2.05, 4.69) is 40.6 Å². The van der Waals surface area contributed by atoms with Crippen LogP contribution >= 0.6 is 0 Å². The van der Waals surface area contributed by atoms with Crippen LogP contribution in [0, 0.1) is 6.92 Å². The Morgan fingerprint density at radius 1 is 1.05 bits per heavy atom. The maximum Gasteiger partial charge on any atom is 0.126 e. The van der Waals surface area contributed by atoms with E-state index in [1.165, 1.54) is 10.9 Å². The van der Waals surface area contributed by atoms with Crippen molar-refractivity contribution in [3.63, 3.8) is 0 Å². The van der Waals surface area contributed by atoms with Crippen molar-refractivity contribution in [1.82, 2.24) is 4.98 Å². The first-order chi connectivity index (χ1) is 10.3. The number of methoxy groups -OCH3 is 1. The van der Waals surface area contributed by atoms with Gasteiger partial charge in [0.25, 0.3) is 0 Å². The van der Waals surface area contributed by atoms with Gasteiger partial charge in [-0.1, -0.05) is 30.3 Å². The fourth-order valence-electron chi connectivity index (χ4n) is 2.51. The van der Waals surface area contributed by atoms with Gasteiger partial charge in [0, 0.05) is 24.3 Å². The molecule has 0 amide bonds. The molecule has 106 valence electrons. The lowest BCUT2D eigenvalue weighted by atomic mass is 10.0. The third-order valence-electron chi connectivity index (χ3n) is 3.55. The Hall–Kier alpha value is -2.55. The third-order valence-corrected chi connectivity index (χ3v) is 3.55. The van der Waals surface area contributed by atoms with Crippen molar-refractivity contribution in [2.45, 2.75) is 13.5 Å². The number of fused-ring (bicyclic) bond motifs is 1. The highest BCUT2D eigenvalue weighted by atomic mass is 16.5. The minimum Gasteiger partial charge on any atom is -0.496 e. The lowest BCUT2D eigenvalue weighted by Crippen LogP contribution is -2.01. The molecule has 0 aliphatic heterocycles. The summed E-state index contributed by atoms with van der Waals surface area (Å²) in [5, 5.41) is 5.78. The number of ether oxygens (including phenoxy) is 1. The average molecular weight is 278 g/mol. The molecule has 1 N–H and O–H groups in total. The second kappa shape index (κ2) is 5.83. The molecule has 3 aromatic rings. The minimum atomic E-state index is 0.760. The Labute approximate surface area is 124 Å². The topological polar surface area (TPSA) is 34.1 Å². The smallest absolute Gasteiger partial charge is 0.126 e. The molecule has 0 bridgehead atoms. The monoisotopic (exact) mass is 278 g/mol. The largest absolute Gasteiger partial charge is 0.496 e. The summed E-state index contributed by atoms with van der Waals surface area (Å²) in [4.78, 5) is 4.20. The highest BCUT2D eigenvalue weighted by Gasteiger charge is 2.05. The predicted molar refractivity (Wildman–Crippen MR) is 86.8 cm³/mol. The van der Waals surface area contributed by atoms with Crippen LogP contribution in [-0.4, -0.2) is 12.1 Å². The first-order valence-electron chi connectivity index (χ1n) is 6.98. The fraction of sp³-hybridized carbons (Fsp3) is 0.167. The maximum atomic E-state index is 5.43. The van der Waals surface area contributed by atoms with Gasteiger partial charge in [-0.2, -0.15) is 0 Å². The first kappa shape index (κ1) is 13.4. The van der Waals surface area contributed by atoms with E-state index in [0.717, 1.165) is 28.9 Å². The summed E-state index contributed by atoms with van der Waals surface area (Å²) in [5.41, 5.74) is 3.43. The number of rotatable bonds is 4. The van der Waals surface area contributed by atoms with Crippen LogP contribution in [0.2, 0.25) is 0 Å². The summed E-state index contributed by atoms with van der Waals surface area (Å²) in [7, 11) is 1.71.